The maximum absolute atomic E-state index is 12.8. The molecule has 2 aliphatic rings. The Balaban J connectivity index is 1.16. The maximum Gasteiger partial charge on any atom is 0.255 e. The summed E-state index contributed by atoms with van der Waals surface area (Å²) in [6, 6.07) is 22.5. The zero-order valence-electron chi connectivity index (χ0n) is 18.8. The SMILES string of the molecule is O=C(Nc1ccccc1)c1ccc(-c2nc3ccc(NC(=O)C4CC5CCC4C5)cc3[nH]2)cc1. The highest BCUT2D eigenvalue weighted by Gasteiger charge is 2.43. The number of H-pyrrole nitrogens is 1. The second-order valence-electron chi connectivity index (χ2n) is 9.49. The largest absolute Gasteiger partial charge is 0.338 e. The molecule has 2 saturated carbocycles. The zero-order chi connectivity index (χ0) is 23.1. The van der Waals surface area contributed by atoms with Gasteiger partial charge in [0.2, 0.25) is 5.91 Å². The van der Waals surface area contributed by atoms with Gasteiger partial charge in [0.1, 0.15) is 5.82 Å². The van der Waals surface area contributed by atoms with Gasteiger partial charge in [0.05, 0.1) is 11.0 Å². The zero-order valence-corrected chi connectivity index (χ0v) is 18.8. The van der Waals surface area contributed by atoms with Crippen molar-refractivity contribution >= 4 is 34.2 Å². The predicted octanol–water partition coefficient (Wildman–Crippen LogP) is 5.86. The minimum Gasteiger partial charge on any atom is -0.338 e. The molecule has 2 aliphatic carbocycles. The number of anilines is 2. The standard InChI is InChI=1S/C28H26N4O2/c33-27(29-21-4-2-1-3-5-21)19-10-8-18(9-11-19)26-31-24-13-12-22(16-25(24)32-26)30-28(34)23-15-17-6-7-20(23)14-17/h1-5,8-13,16-17,20,23H,6-7,14-15H2,(H,29,33)(H,30,34)(H,31,32). The summed E-state index contributed by atoms with van der Waals surface area (Å²) in [4.78, 5) is 33.3. The van der Waals surface area contributed by atoms with Gasteiger partial charge in [-0.3, -0.25) is 9.59 Å². The second-order valence-corrected chi connectivity index (χ2v) is 9.49. The smallest absolute Gasteiger partial charge is 0.255 e. The summed E-state index contributed by atoms with van der Waals surface area (Å²) in [7, 11) is 0. The lowest BCUT2D eigenvalue weighted by Crippen LogP contribution is -2.27. The van der Waals surface area contributed by atoms with Gasteiger partial charge in [-0.05, 0) is 73.6 Å². The molecular formula is C28H26N4O2. The number of carbonyl (C=O) groups is 2. The molecule has 4 aromatic rings. The van der Waals surface area contributed by atoms with Gasteiger partial charge in [-0.1, -0.05) is 36.8 Å². The number of aromatic amines is 1. The number of nitrogens with one attached hydrogen (secondary N) is 3. The lowest BCUT2D eigenvalue weighted by Gasteiger charge is -2.20. The first-order valence-electron chi connectivity index (χ1n) is 11.9. The van der Waals surface area contributed by atoms with Crippen molar-refractivity contribution in [3.05, 3.63) is 78.4 Å². The topological polar surface area (TPSA) is 86.9 Å². The van der Waals surface area contributed by atoms with Crippen LogP contribution in [0.15, 0.2) is 72.8 Å². The highest BCUT2D eigenvalue weighted by Crippen LogP contribution is 2.48. The minimum atomic E-state index is -0.154. The van der Waals surface area contributed by atoms with Crippen LogP contribution in [-0.4, -0.2) is 21.8 Å². The summed E-state index contributed by atoms with van der Waals surface area (Å²) in [6.45, 7) is 0. The number of rotatable bonds is 5. The van der Waals surface area contributed by atoms with Crippen LogP contribution in [0.2, 0.25) is 0 Å². The molecule has 1 aromatic heterocycles. The summed E-state index contributed by atoms with van der Waals surface area (Å²) in [5.74, 6) is 2.18. The van der Waals surface area contributed by atoms with Crippen molar-refractivity contribution < 1.29 is 9.59 Å². The Hall–Kier alpha value is -3.93. The third-order valence-electron chi connectivity index (χ3n) is 7.28. The quantitative estimate of drug-likeness (QED) is 0.356. The number of hydrogen-bond acceptors (Lipinski definition) is 3. The highest BCUT2D eigenvalue weighted by molar-refractivity contribution is 6.04. The van der Waals surface area contributed by atoms with E-state index in [1.165, 1.54) is 19.3 Å². The van der Waals surface area contributed by atoms with Gasteiger partial charge in [-0.2, -0.15) is 0 Å². The maximum atomic E-state index is 12.8. The molecule has 6 nitrogen and oxygen atoms in total. The van der Waals surface area contributed by atoms with Crippen molar-refractivity contribution in [2.45, 2.75) is 25.7 Å². The van der Waals surface area contributed by atoms with E-state index in [2.05, 4.69) is 20.6 Å². The lowest BCUT2D eigenvalue weighted by atomic mass is 9.88. The molecule has 3 N–H and O–H groups in total. The van der Waals surface area contributed by atoms with Gasteiger partial charge in [-0.25, -0.2) is 4.98 Å². The van der Waals surface area contributed by atoms with Crippen molar-refractivity contribution in [1.29, 1.82) is 0 Å². The van der Waals surface area contributed by atoms with Crippen LogP contribution in [0.5, 0.6) is 0 Å². The van der Waals surface area contributed by atoms with Crippen LogP contribution in [0.4, 0.5) is 11.4 Å². The fourth-order valence-corrected chi connectivity index (χ4v) is 5.53. The van der Waals surface area contributed by atoms with Gasteiger partial charge in [0, 0.05) is 28.4 Å². The lowest BCUT2D eigenvalue weighted by molar-refractivity contribution is -0.121. The summed E-state index contributed by atoms with van der Waals surface area (Å²) in [5.41, 5.74) is 4.72. The average molecular weight is 451 g/mol. The number of nitrogens with zero attached hydrogens (tertiary/aromatic N) is 1. The molecule has 6 rings (SSSR count). The molecule has 0 radical (unpaired) electrons. The Morgan fingerprint density at radius 1 is 0.853 bits per heavy atom. The van der Waals surface area contributed by atoms with Crippen molar-refractivity contribution in [3.8, 4) is 11.4 Å². The first-order chi connectivity index (χ1) is 16.6. The van der Waals surface area contributed by atoms with Crippen LogP contribution < -0.4 is 10.6 Å². The van der Waals surface area contributed by atoms with Crippen LogP contribution >= 0.6 is 0 Å². The fraction of sp³-hybridized carbons (Fsp3) is 0.250. The summed E-state index contributed by atoms with van der Waals surface area (Å²) >= 11 is 0. The van der Waals surface area contributed by atoms with E-state index in [1.54, 1.807) is 12.1 Å². The van der Waals surface area contributed by atoms with Crippen molar-refractivity contribution in [3.63, 3.8) is 0 Å². The molecule has 3 atom stereocenters. The third-order valence-corrected chi connectivity index (χ3v) is 7.28. The minimum absolute atomic E-state index is 0.149. The number of fused-ring (bicyclic) bond motifs is 3. The molecule has 170 valence electrons. The molecule has 34 heavy (non-hydrogen) atoms. The number of para-hydroxylation sites is 1. The first-order valence-corrected chi connectivity index (χ1v) is 11.9. The van der Waals surface area contributed by atoms with Gasteiger partial charge in [0.25, 0.3) is 5.91 Å². The second kappa shape index (κ2) is 8.45. The Morgan fingerprint density at radius 2 is 1.68 bits per heavy atom. The van der Waals surface area contributed by atoms with Gasteiger partial charge in [-0.15, -0.1) is 0 Å². The molecule has 0 spiro atoms. The molecule has 0 saturated heterocycles. The van der Waals surface area contributed by atoms with Crippen LogP contribution in [0, 0.1) is 17.8 Å². The fourth-order valence-electron chi connectivity index (χ4n) is 5.53. The van der Waals surface area contributed by atoms with E-state index in [-0.39, 0.29) is 17.7 Å². The van der Waals surface area contributed by atoms with E-state index in [0.29, 0.717) is 11.5 Å². The van der Waals surface area contributed by atoms with Crippen molar-refractivity contribution in [1.82, 2.24) is 9.97 Å². The molecular weight excluding hydrogens is 424 g/mol. The molecule has 1 heterocycles. The van der Waals surface area contributed by atoms with Gasteiger partial charge < -0.3 is 15.6 Å². The van der Waals surface area contributed by atoms with E-state index in [0.717, 1.165) is 46.1 Å². The number of benzene rings is 3. The molecule has 2 amide bonds. The van der Waals surface area contributed by atoms with Gasteiger partial charge in [0.15, 0.2) is 0 Å². The van der Waals surface area contributed by atoms with E-state index in [9.17, 15) is 9.59 Å². The first kappa shape index (κ1) is 20.7. The summed E-state index contributed by atoms with van der Waals surface area (Å²) in [6.07, 6.45) is 4.73. The Bertz CT molecular complexity index is 1360. The van der Waals surface area contributed by atoms with E-state index < -0.39 is 0 Å². The van der Waals surface area contributed by atoms with Crippen LogP contribution in [0.25, 0.3) is 22.4 Å². The number of hydrogen-bond donors (Lipinski definition) is 3. The van der Waals surface area contributed by atoms with Crippen LogP contribution in [0.1, 0.15) is 36.0 Å². The Morgan fingerprint density at radius 3 is 2.41 bits per heavy atom. The molecule has 2 bridgehead atoms. The molecule has 3 unspecified atom stereocenters. The van der Waals surface area contributed by atoms with Crippen LogP contribution in [-0.2, 0) is 4.79 Å². The van der Waals surface area contributed by atoms with E-state index in [1.807, 2.05) is 60.7 Å². The molecule has 2 fully saturated rings. The van der Waals surface area contributed by atoms with E-state index in [4.69, 9.17) is 0 Å². The third kappa shape index (κ3) is 3.96. The highest BCUT2D eigenvalue weighted by atomic mass is 16.2. The number of carbonyl (C=O) groups excluding carboxylic acids is 2. The average Bonchev–Trinajstić information content (AvgIpc) is 3.60. The van der Waals surface area contributed by atoms with Crippen molar-refractivity contribution in [2.24, 2.45) is 17.8 Å². The number of amides is 2. The summed E-state index contributed by atoms with van der Waals surface area (Å²) in [5, 5.41) is 6.01. The molecule has 0 aliphatic heterocycles. The van der Waals surface area contributed by atoms with Gasteiger partial charge >= 0.3 is 0 Å². The number of imidazole rings is 1. The van der Waals surface area contributed by atoms with E-state index >= 15 is 0 Å². The Labute approximate surface area is 197 Å². The van der Waals surface area contributed by atoms with Crippen molar-refractivity contribution in [2.75, 3.05) is 10.6 Å². The normalized spacial score (nSPS) is 21.0. The monoisotopic (exact) mass is 450 g/mol. The number of aromatic nitrogens is 2. The Kier molecular flexibility index (Phi) is 5.13. The summed E-state index contributed by atoms with van der Waals surface area (Å²) < 4.78 is 0. The molecule has 3 aromatic carbocycles. The van der Waals surface area contributed by atoms with Crippen LogP contribution in [0.3, 0.4) is 0 Å². The molecule has 6 heteroatoms. The predicted molar refractivity (Wildman–Crippen MR) is 133 cm³/mol.